The molecule has 4 aromatic rings. The minimum absolute atomic E-state index is 0.483. The van der Waals surface area contributed by atoms with Crippen molar-refractivity contribution in [3.05, 3.63) is 47.5 Å². The summed E-state index contributed by atoms with van der Waals surface area (Å²) in [5, 5.41) is 39.3. The molecule has 112 valence electrons. The van der Waals surface area contributed by atoms with E-state index in [9.17, 15) is 20.4 Å². The maximum absolute atomic E-state index is 9.28. The summed E-state index contributed by atoms with van der Waals surface area (Å²) in [5.74, 6) is 0. The van der Waals surface area contributed by atoms with Gasteiger partial charge in [-0.25, -0.2) is 0 Å². The minimum atomic E-state index is -1.46. The van der Waals surface area contributed by atoms with Crippen molar-refractivity contribution in [1.29, 1.82) is 0 Å². The summed E-state index contributed by atoms with van der Waals surface area (Å²) >= 11 is 3.21. The van der Waals surface area contributed by atoms with Gasteiger partial charge in [-0.05, 0) is 12.1 Å². The van der Waals surface area contributed by atoms with Crippen molar-refractivity contribution in [2.24, 2.45) is 0 Å². The summed E-state index contributed by atoms with van der Waals surface area (Å²) in [5.41, 5.74) is 0.966. The Hall–Kier alpha value is -1.54. The van der Waals surface area contributed by atoms with Crippen LogP contribution < -0.4 is 0 Å². The molecule has 0 unspecified atom stereocenters. The van der Waals surface area contributed by atoms with Crippen molar-refractivity contribution in [2.75, 3.05) is 0 Å². The van der Waals surface area contributed by atoms with Gasteiger partial charge in [-0.1, -0.05) is 24.3 Å². The molecule has 0 aliphatic carbocycles. The van der Waals surface area contributed by atoms with Crippen LogP contribution in [0.2, 0.25) is 0 Å². The maximum Gasteiger partial charge on any atom is 0.178 e. The summed E-state index contributed by atoms with van der Waals surface area (Å²) < 4.78 is 4.30. The number of thiophene rings is 2. The molecular weight excluding hydrogens is 320 g/mol. The van der Waals surface area contributed by atoms with Crippen molar-refractivity contribution in [3.8, 4) is 0 Å². The Labute approximate surface area is 133 Å². The van der Waals surface area contributed by atoms with Crippen LogP contribution in [-0.2, 0) is 0 Å². The van der Waals surface area contributed by atoms with E-state index in [1.165, 1.54) is 0 Å². The SMILES string of the molecule is OC(O)c1ccc2c(c1)sc1c3ccc(C(O)O)cc3sc21. The summed E-state index contributed by atoms with van der Waals surface area (Å²) in [4.78, 5) is 0. The van der Waals surface area contributed by atoms with Gasteiger partial charge in [-0.15, -0.1) is 22.7 Å². The number of aliphatic hydroxyl groups is 4. The van der Waals surface area contributed by atoms with E-state index in [1.807, 2.05) is 12.1 Å². The lowest BCUT2D eigenvalue weighted by atomic mass is 10.1. The average molecular weight is 332 g/mol. The molecule has 4 rings (SSSR count). The molecule has 0 aliphatic heterocycles. The molecular formula is C16H12O4S2. The minimum Gasteiger partial charge on any atom is -0.364 e. The smallest absolute Gasteiger partial charge is 0.178 e. The molecule has 0 radical (unpaired) electrons. The molecule has 0 saturated carbocycles. The molecule has 4 N–H and O–H groups in total. The monoisotopic (exact) mass is 332 g/mol. The maximum atomic E-state index is 9.28. The van der Waals surface area contributed by atoms with E-state index in [0.717, 1.165) is 29.6 Å². The third-order valence-electron chi connectivity index (χ3n) is 3.73. The van der Waals surface area contributed by atoms with Gasteiger partial charge in [0.25, 0.3) is 0 Å². The number of fused-ring (bicyclic) bond motifs is 5. The van der Waals surface area contributed by atoms with Gasteiger partial charge in [-0.2, -0.15) is 0 Å². The highest BCUT2D eigenvalue weighted by Gasteiger charge is 2.14. The number of hydrogen-bond donors (Lipinski definition) is 4. The van der Waals surface area contributed by atoms with Crippen LogP contribution in [0, 0.1) is 0 Å². The van der Waals surface area contributed by atoms with E-state index in [1.54, 1.807) is 46.9 Å². The van der Waals surface area contributed by atoms with Crippen LogP contribution in [0.3, 0.4) is 0 Å². The zero-order chi connectivity index (χ0) is 15.4. The highest BCUT2D eigenvalue weighted by molar-refractivity contribution is 7.36. The predicted octanol–water partition coefficient (Wildman–Crippen LogP) is 3.24. The van der Waals surface area contributed by atoms with Crippen molar-refractivity contribution in [2.45, 2.75) is 12.6 Å². The fourth-order valence-corrected chi connectivity index (χ4v) is 5.36. The quantitative estimate of drug-likeness (QED) is 0.425. The Morgan fingerprint density at radius 3 is 1.41 bits per heavy atom. The molecule has 2 heterocycles. The molecule has 0 fully saturated rings. The zero-order valence-electron chi connectivity index (χ0n) is 11.2. The Kier molecular flexibility index (Phi) is 3.19. The summed E-state index contributed by atoms with van der Waals surface area (Å²) in [6.45, 7) is 0. The van der Waals surface area contributed by atoms with Gasteiger partial charge in [0.1, 0.15) is 0 Å². The van der Waals surface area contributed by atoms with E-state index in [-0.39, 0.29) is 0 Å². The lowest BCUT2D eigenvalue weighted by molar-refractivity contribution is -0.0429. The lowest BCUT2D eigenvalue weighted by Gasteiger charge is -2.03. The Morgan fingerprint density at radius 2 is 1.05 bits per heavy atom. The normalized spacial score (nSPS) is 12.5. The van der Waals surface area contributed by atoms with E-state index >= 15 is 0 Å². The van der Waals surface area contributed by atoms with Gasteiger partial charge in [0.05, 0.1) is 9.40 Å². The number of rotatable bonds is 2. The first kappa shape index (κ1) is 14.1. The number of aliphatic hydroxyl groups excluding tert-OH is 2. The molecule has 4 nitrogen and oxygen atoms in total. The molecule has 0 amide bonds. The summed E-state index contributed by atoms with van der Waals surface area (Å²) in [6, 6.07) is 10.8. The van der Waals surface area contributed by atoms with Gasteiger partial charge in [-0.3, -0.25) is 0 Å². The number of hydrogen-bond acceptors (Lipinski definition) is 6. The van der Waals surface area contributed by atoms with Crippen LogP contribution in [0.25, 0.3) is 29.6 Å². The highest BCUT2D eigenvalue weighted by Crippen LogP contribution is 2.44. The Morgan fingerprint density at radius 1 is 0.636 bits per heavy atom. The molecule has 0 bridgehead atoms. The van der Waals surface area contributed by atoms with Crippen LogP contribution in [0.4, 0.5) is 0 Å². The molecule has 22 heavy (non-hydrogen) atoms. The average Bonchev–Trinajstić information content (AvgIpc) is 3.01. The fourth-order valence-electron chi connectivity index (χ4n) is 2.61. The van der Waals surface area contributed by atoms with Gasteiger partial charge in [0.2, 0.25) is 0 Å². The second-order valence-corrected chi connectivity index (χ2v) is 7.23. The van der Waals surface area contributed by atoms with Crippen LogP contribution in [0.15, 0.2) is 36.4 Å². The molecule has 0 atom stereocenters. The molecule has 0 spiro atoms. The van der Waals surface area contributed by atoms with Gasteiger partial charge >= 0.3 is 0 Å². The second kappa shape index (κ2) is 4.99. The van der Waals surface area contributed by atoms with Crippen LogP contribution in [0.1, 0.15) is 23.7 Å². The third kappa shape index (κ3) is 2.04. The van der Waals surface area contributed by atoms with Crippen molar-refractivity contribution in [1.82, 2.24) is 0 Å². The molecule has 2 aromatic heterocycles. The fraction of sp³-hybridized carbons (Fsp3) is 0.125. The topological polar surface area (TPSA) is 80.9 Å². The van der Waals surface area contributed by atoms with E-state index in [0.29, 0.717) is 11.1 Å². The second-order valence-electron chi connectivity index (χ2n) is 5.12. The standard InChI is InChI=1S/C16H12O4S2/c17-15(18)7-1-3-9-11(5-7)21-14-10-4-2-8(16(19)20)6-12(10)22-13(9)14/h1-6,15-20H. The van der Waals surface area contributed by atoms with Crippen molar-refractivity contribution >= 4 is 52.2 Å². The Bertz CT molecular complexity index is 916. The lowest BCUT2D eigenvalue weighted by Crippen LogP contribution is -1.93. The van der Waals surface area contributed by atoms with Gasteiger partial charge in [0.15, 0.2) is 12.6 Å². The van der Waals surface area contributed by atoms with Gasteiger partial charge < -0.3 is 20.4 Å². The first-order valence-corrected chi connectivity index (χ1v) is 8.29. The molecule has 0 saturated heterocycles. The predicted molar refractivity (Wildman–Crippen MR) is 89.1 cm³/mol. The van der Waals surface area contributed by atoms with Crippen molar-refractivity contribution < 1.29 is 20.4 Å². The highest BCUT2D eigenvalue weighted by atomic mass is 32.1. The first-order valence-electron chi connectivity index (χ1n) is 6.65. The van der Waals surface area contributed by atoms with E-state index in [2.05, 4.69) is 0 Å². The first-order chi connectivity index (χ1) is 10.5. The molecule has 6 heteroatoms. The molecule has 0 aliphatic rings. The summed E-state index contributed by atoms with van der Waals surface area (Å²) in [6.07, 6.45) is -2.93. The molecule has 2 aromatic carbocycles. The number of benzene rings is 2. The van der Waals surface area contributed by atoms with E-state index < -0.39 is 12.6 Å². The Balaban J connectivity index is 2.01. The van der Waals surface area contributed by atoms with Crippen LogP contribution in [-0.4, -0.2) is 20.4 Å². The largest absolute Gasteiger partial charge is 0.364 e. The van der Waals surface area contributed by atoms with Crippen LogP contribution >= 0.6 is 22.7 Å². The van der Waals surface area contributed by atoms with Gasteiger partial charge in [0, 0.05) is 31.3 Å². The summed E-state index contributed by atoms with van der Waals surface area (Å²) in [7, 11) is 0. The van der Waals surface area contributed by atoms with Crippen LogP contribution in [0.5, 0.6) is 0 Å². The van der Waals surface area contributed by atoms with E-state index in [4.69, 9.17) is 0 Å². The van der Waals surface area contributed by atoms with Crippen molar-refractivity contribution in [3.63, 3.8) is 0 Å². The third-order valence-corrected chi connectivity index (χ3v) is 6.23. The zero-order valence-corrected chi connectivity index (χ0v) is 12.9.